The van der Waals surface area contributed by atoms with Gasteiger partial charge in [-0.05, 0) is 7.05 Å². The highest BCUT2D eigenvalue weighted by Gasteiger charge is 2.13. The molecule has 18 nitrogen and oxygen atoms in total. The third-order valence-corrected chi connectivity index (χ3v) is 6.28. The van der Waals surface area contributed by atoms with E-state index in [0.717, 1.165) is 12.8 Å². The van der Waals surface area contributed by atoms with Crippen LogP contribution in [0.5, 0.6) is 0 Å². The van der Waals surface area contributed by atoms with Gasteiger partial charge in [0.25, 0.3) is 0 Å². The van der Waals surface area contributed by atoms with Crippen molar-refractivity contribution in [3.05, 3.63) is 0 Å². The molecule has 18 heteroatoms. The summed E-state index contributed by atoms with van der Waals surface area (Å²) in [4.78, 5) is 35.1. The number of ether oxygens (including phenoxy) is 10. The number of rotatable bonds is 44. The van der Waals surface area contributed by atoms with Crippen molar-refractivity contribution >= 4 is 18.6 Å². The first-order chi connectivity index (χ1) is 24.8. The molecule has 0 bridgehead atoms. The van der Waals surface area contributed by atoms with Crippen LogP contribution in [-0.4, -0.2) is 202 Å². The summed E-state index contributed by atoms with van der Waals surface area (Å²) in [5, 5.41) is 5.53. The van der Waals surface area contributed by atoms with Crippen LogP contribution in [0, 0.1) is 0 Å². The summed E-state index contributed by atoms with van der Waals surface area (Å²) in [5.41, 5.74) is 5.88. The lowest BCUT2D eigenvalue weighted by molar-refractivity contribution is -0.134. The molecule has 0 fully saturated rings. The van der Waals surface area contributed by atoms with E-state index in [1.54, 1.807) is 4.90 Å². The van der Waals surface area contributed by atoms with Crippen molar-refractivity contribution in [2.45, 2.75) is 12.8 Å². The maximum Gasteiger partial charge on any atom is 0.225 e. The number of amides is 2. The molecule has 2 amide bonds. The lowest BCUT2D eigenvalue weighted by Gasteiger charge is -2.23. The predicted molar refractivity (Wildman–Crippen MR) is 184 cm³/mol. The van der Waals surface area contributed by atoms with Crippen molar-refractivity contribution in [2.75, 3.05) is 178 Å². The second-order valence-electron chi connectivity index (χ2n) is 10.2. The average Bonchev–Trinajstić information content (AvgIpc) is 3.12. The van der Waals surface area contributed by atoms with Gasteiger partial charge in [-0.15, -0.1) is 0 Å². The molecule has 0 aliphatic carbocycles. The van der Waals surface area contributed by atoms with Crippen LogP contribution < -0.4 is 21.5 Å². The van der Waals surface area contributed by atoms with Gasteiger partial charge in [-0.2, -0.15) is 0 Å². The number of nitrogens with one attached hydrogen (secondary N) is 4. The Morgan fingerprint density at radius 2 is 0.860 bits per heavy atom. The van der Waals surface area contributed by atoms with E-state index < -0.39 is 0 Å². The molecule has 0 aromatic rings. The van der Waals surface area contributed by atoms with E-state index in [1.807, 2.05) is 7.05 Å². The van der Waals surface area contributed by atoms with Crippen LogP contribution in [-0.2, 0) is 61.8 Å². The molecule has 0 saturated carbocycles. The topological polar surface area (TPSA) is 195 Å². The molecular formula is C32H65N5O13. The van der Waals surface area contributed by atoms with Crippen LogP contribution in [0.15, 0.2) is 0 Å². The zero-order valence-corrected chi connectivity index (χ0v) is 30.2. The highest BCUT2D eigenvalue weighted by atomic mass is 16.6. The van der Waals surface area contributed by atoms with Gasteiger partial charge in [0.1, 0.15) is 6.29 Å². The largest absolute Gasteiger partial charge is 0.379 e. The summed E-state index contributed by atoms with van der Waals surface area (Å²) in [6.07, 6.45) is 2.19. The molecule has 0 aliphatic rings. The van der Waals surface area contributed by atoms with Gasteiger partial charge in [0.2, 0.25) is 12.3 Å². The molecule has 0 spiro atoms. The van der Waals surface area contributed by atoms with E-state index in [0.29, 0.717) is 171 Å². The number of carbonyl (C=O) groups excluding carboxylic acids is 3. The summed E-state index contributed by atoms with van der Waals surface area (Å²) in [6.45, 7) is 12.1. The summed E-state index contributed by atoms with van der Waals surface area (Å²) in [7, 11) is 1.88. The molecule has 0 atom stereocenters. The van der Waals surface area contributed by atoms with Crippen LogP contribution in [0.1, 0.15) is 12.8 Å². The molecule has 4 N–H and O–H groups in total. The van der Waals surface area contributed by atoms with Crippen LogP contribution in [0.3, 0.4) is 0 Å². The fraction of sp³-hybridized carbons (Fsp3) is 0.906. The van der Waals surface area contributed by atoms with Crippen LogP contribution >= 0.6 is 0 Å². The molecular weight excluding hydrogens is 662 g/mol. The average molecular weight is 728 g/mol. The monoisotopic (exact) mass is 727 g/mol. The summed E-state index contributed by atoms with van der Waals surface area (Å²) in [6, 6.07) is 0. The molecule has 0 radical (unpaired) electrons. The number of carbonyl (C=O) groups is 3. The normalized spacial score (nSPS) is 11.2. The van der Waals surface area contributed by atoms with Gasteiger partial charge in [0.15, 0.2) is 0 Å². The Morgan fingerprint density at radius 3 is 1.30 bits per heavy atom. The molecule has 0 rings (SSSR count). The van der Waals surface area contributed by atoms with Crippen molar-refractivity contribution < 1.29 is 61.8 Å². The van der Waals surface area contributed by atoms with Gasteiger partial charge in [0, 0.05) is 45.7 Å². The van der Waals surface area contributed by atoms with Gasteiger partial charge >= 0.3 is 0 Å². The zero-order chi connectivity index (χ0) is 36.3. The van der Waals surface area contributed by atoms with Crippen molar-refractivity contribution in [3.63, 3.8) is 0 Å². The number of likely N-dealkylation sites (N-methyl/N-ethyl adjacent to an activating group) is 1. The van der Waals surface area contributed by atoms with Crippen molar-refractivity contribution in [3.8, 4) is 0 Å². The number of aldehydes is 1. The van der Waals surface area contributed by atoms with Crippen LogP contribution in [0.2, 0.25) is 0 Å². The quantitative estimate of drug-likeness (QED) is 0.0306. The van der Waals surface area contributed by atoms with Crippen LogP contribution in [0.25, 0.3) is 0 Å². The third kappa shape index (κ3) is 38.9. The fourth-order valence-corrected chi connectivity index (χ4v) is 3.67. The molecule has 0 aromatic heterocycles. The Hall–Kier alpha value is -1.91. The second kappa shape index (κ2) is 43.3. The van der Waals surface area contributed by atoms with Gasteiger partial charge in [-0.3, -0.25) is 20.4 Å². The second-order valence-corrected chi connectivity index (χ2v) is 10.2. The summed E-state index contributed by atoms with van der Waals surface area (Å²) >= 11 is 0. The minimum Gasteiger partial charge on any atom is -0.379 e. The van der Waals surface area contributed by atoms with E-state index in [2.05, 4.69) is 21.5 Å². The molecule has 0 aromatic carbocycles. The first-order valence-electron chi connectivity index (χ1n) is 17.5. The molecule has 0 unspecified atom stereocenters. The maximum atomic E-state index is 12.9. The van der Waals surface area contributed by atoms with Gasteiger partial charge in [-0.25, -0.2) is 0 Å². The summed E-state index contributed by atoms with van der Waals surface area (Å²) in [5.74, 6) is -0.0530. The van der Waals surface area contributed by atoms with Crippen molar-refractivity contribution in [1.82, 2.24) is 26.4 Å². The number of hydrogen-bond acceptors (Lipinski definition) is 16. The van der Waals surface area contributed by atoms with E-state index in [9.17, 15) is 14.4 Å². The first-order valence-corrected chi connectivity index (χ1v) is 17.5. The first kappa shape index (κ1) is 48.1. The van der Waals surface area contributed by atoms with E-state index in [4.69, 9.17) is 47.4 Å². The molecule has 0 heterocycles. The minimum atomic E-state index is -0.0530. The van der Waals surface area contributed by atoms with Crippen molar-refractivity contribution in [2.24, 2.45) is 0 Å². The molecule has 50 heavy (non-hydrogen) atoms. The van der Waals surface area contributed by atoms with Crippen molar-refractivity contribution in [1.29, 1.82) is 0 Å². The molecule has 0 aliphatic heterocycles. The fourth-order valence-electron chi connectivity index (χ4n) is 3.67. The number of hydrazine groups is 1. The zero-order valence-electron chi connectivity index (χ0n) is 30.2. The lowest BCUT2D eigenvalue weighted by atomic mass is 10.3. The predicted octanol–water partition coefficient (Wildman–Crippen LogP) is -1.98. The Balaban J connectivity index is 4.06. The van der Waals surface area contributed by atoms with Gasteiger partial charge < -0.3 is 67.7 Å². The van der Waals surface area contributed by atoms with Crippen LogP contribution in [0.4, 0.5) is 0 Å². The number of nitrogens with zero attached hydrogens (tertiary/aromatic N) is 1. The van der Waals surface area contributed by atoms with E-state index in [1.165, 1.54) is 0 Å². The lowest BCUT2D eigenvalue weighted by Crippen LogP contribution is -2.37. The number of hydrogen-bond donors (Lipinski definition) is 4. The highest BCUT2D eigenvalue weighted by molar-refractivity contribution is 5.76. The Labute approximate surface area is 298 Å². The smallest absolute Gasteiger partial charge is 0.225 e. The Morgan fingerprint density at radius 1 is 0.480 bits per heavy atom. The molecule has 296 valence electrons. The van der Waals surface area contributed by atoms with E-state index >= 15 is 0 Å². The highest BCUT2D eigenvalue weighted by Crippen LogP contribution is 1.98. The Kier molecular flexibility index (Phi) is 41.6. The third-order valence-electron chi connectivity index (χ3n) is 6.28. The molecule has 0 saturated heterocycles. The SMILES string of the molecule is CNCCOCCOCCOCCOCCC(=O)N(CCOCCOCCOCCNC=O)CCOCCOCCOCCNNCCC=O. The summed E-state index contributed by atoms with van der Waals surface area (Å²) < 4.78 is 55.1. The van der Waals surface area contributed by atoms with Gasteiger partial charge in [-0.1, -0.05) is 0 Å². The Bertz CT molecular complexity index is 719. The van der Waals surface area contributed by atoms with Gasteiger partial charge in [0.05, 0.1) is 139 Å². The minimum absolute atomic E-state index is 0.0530. The maximum absolute atomic E-state index is 12.9. The standard InChI is InChI=1S/C32H65N5O13/c1-33-5-12-42-18-24-50-30-29-47-23-17-41-11-3-32(40)37(8-15-45-21-27-48-25-19-43-13-6-34-31-39)9-16-46-22-28-49-26-20-44-14-7-36-35-4-2-10-38/h10,31,33,35-36H,2-9,11-30H2,1H3,(H,34,39). The van der Waals surface area contributed by atoms with E-state index in [-0.39, 0.29) is 18.9 Å².